The summed E-state index contributed by atoms with van der Waals surface area (Å²) < 4.78 is 0. The molecular formula is C9H14N2O4. The molecule has 0 aliphatic carbocycles. The van der Waals surface area contributed by atoms with Crippen LogP contribution in [0.3, 0.4) is 0 Å². The lowest BCUT2D eigenvalue weighted by Gasteiger charge is -2.05. The molecule has 0 unspecified atom stereocenters. The molecule has 0 aromatic carbocycles. The highest BCUT2D eigenvalue weighted by Gasteiger charge is 2.07. The van der Waals surface area contributed by atoms with Gasteiger partial charge in [-0.05, 0) is 6.08 Å². The van der Waals surface area contributed by atoms with E-state index in [4.69, 9.17) is 10.4 Å². The molecule has 0 heterocycles. The summed E-state index contributed by atoms with van der Waals surface area (Å²) in [4.78, 5) is 18.1. The molecule has 0 aromatic rings. The van der Waals surface area contributed by atoms with Crippen LogP contribution >= 0.6 is 0 Å². The molecule has 0 atom stereocenters. The lowest BCUT2D eigenvalue weighted by Crippen LogP contribution is -2.13. The van der Waals surface area contributed by atoms with E-state index in [1.54, 1.807) is 7.05 Å². The molecular weight excluding hydrogens is 200 g/mol. The third-order valence-electron chi connectivity index (χ3n) is 1.61. The van der Waals surface area contributed by atoms with Crippen molar-refractivity contribution in [1.29, 1.82) is 0 Å². The summed E-state index contributed by atoms with van der Waals surface area (Å²) in [6.07, 6.45) is 1.26. The van der Waals surface area contributed by atoms with Crippen molar-refractivity contribution in [3.63, 3.8) is 0 Å². The van der Waals surface area contributed by atoms with Crippen molar-refractivity contribution in [3.05, 3.63) is 24.1 Å². The van der Waals surface area contributed by atoms with Crippen LogP contribution in [-0.4, -0.2) is 36.1 Å². The summed E-state index contributed by atoms with van der Waals surface area (Å²) in [6, 6.07) is 0. The molecule has 0 saturated heterocycles. The molecule has 0 bridgehead atoms. The molecule has 6 nitrogen and oxygen atoms in total. The van der Waals surface area contributed by atoms with E-state index >= 15 is 0 Å². The van der Waals surface area contributed by atoms with Crippen molar-refractivity contribution in [2.75, 3.05) is 14.1 Å². The number of aliphatic carboxylic acids is 1. The molecule has 0 fully saturated rings. The smallest absolute Gasteiger partial charge is 0.309 e. The lowest BCUT2D eigenvalue weighted by molar-refractivity contribution is -0.194. The SMILES string of the molecule is C=C(OO)C(C=C(CC(=O)O)NC)=NC. The van der Waals surface area contributed by atoms with Crippen LogP contribution in [0.1, 0.15) is 6.42 Å². The maximum atomic E-state index is 10.5. The fourth-order valence-electron chi connectivity index (χ4n) is 0.856. The van der Waals surface area contributed by atoms with Gasteiger partial charge in [0.25, 0.3) is 0 Å². The van der Waals surface area contributed by atoms with Crippen molar-refractivity contribution in [3.8, 4) is 0 Å². The maximum absolute atomic E-state index is 10.5. The van der Waals surface area contributed by atoms with E-state index in [1.165, 1.54) is 13.1 Å². The van der Waals surface area contributed by atoms with Crippen LogP contribution in [0.2, 0.25) is 0 Å². The Kier molecular flexibility index (Phi) is 5.81. The van der Waals surface area contributed by atoms with Gasteiger partial charge in [-0.15, -0.1) is 0 Å². The van der Waals surface area contributed by atoms with Crippen LogP contribution in [-0.2, 0) is 9.68 Å². The molecule has 0 rings (SSSR count). The average molecular weight is 214 g/mol. The van der Waals surface area contributed by atoms with Crippen LogP contribution in [0.5, 0.6) is 0 Å². The number of nitrogens with zero attached hydrogens (tertiary/aromatic N) is 1. The minimum Gasteiger partial charge on any atom is -0.481 e. The highest BCUT2D eigenvalue weighted by Crippen LogP contribution is 2.03. The van der Waals surface area contributed by atoms with Gasteiger partial charge in [0.2, 0.25) is 0 Å². The predicted molar refractivity (Wildman–Crippen MR) is 55.6 cm³/mol. The number of carboxylic acid groups (broad SMARTS) is 1. The zero-order valence-electron chi connectivity index (χ0n) is 8.65. The monoisotopic (exact) mass is 214 g/mol. The predicted octanol–water partition coefficient (Wildman–Crippen LogP) is 0.638. The Labute approximate surface area is 87.5 Å². The van der Waals surface area contributed by atoms with Crippen LogP contribution in [0.15, 0.2) is 29.1 Å². The van der Waals surface area contributed by atoms with Crippen molar-refractivity contribution >= 4 is 11.7 Å². The second-order valence-corrected chi connectivity index (χ2v) is 2.61. The van der Waals surface area contributed by atoms with Gasteiger partial charge < -0.3 is 15.3 Å². The third-order valence-corrected chi connectivity index (χ3v) is 1.61. The highest BCUT2D eigenvalue weighted by atomic mass is 17.1. The van der Waals surface area contributed by atoms with Gasteiger partial charge in [0.1, 0.15) is 5.71 Å². The minimum absolute atomic E-state index is 0.0457. The first-order valence-corrected chi connectivity index (χ1v) is 4.12. The minimum atomic E-state index is -0.971. The second kappa shape index (κ2) is 6.61. The quantitative estimate of drug-likeness (QED) is 0.261. The molecule has 3 N–H and O–H groups in total. The Balaban J connectivity index is 4.79. The van der Waals surface area contributed by atoms with Crippen molar-refractivity contribution in [2.45, 2.75) is 6.42 Å². The fourth-order valence-corrected chi connectivity index (χ4v) is 0.856. The van der Waals surface area contributed by atoms with Gasteiger partial charge in [-0.1, -0.05) is 6.58 Å². The van der Waals surface area contributed by atoms with E-state index in [1.807, 2.05) is 0 Å². The standard InChI is InChI=1S/C9H14N2O4/c1-6(15-14)8(11-3)4-7(10-2)5-9(12)13/h4,10,14H,1,5H2,2-3H3,(H,12,13). The Morgan fingerprint density at radius 1 is 1.67 bits per heavy atom. The van der Waals surface area contributed by atoms with Gasteiger partial charge in [0.05, 0.1) is 6.42 Å². The lowest BCUT2D eigenvalue weighted by atomic mass is 10.2. The number of carbonyl (C=O) groups is 1. The second-order valence-electron chi connectivity index (χ2n) is 2.61. The molecule has 0 spiro atoms. The van der Waals surface area contributed by atoms with Crippen molar-refractivity contribution in [2.24, 2.45) is 4.99 Å². The summed E-state index contributed by atoms with van der Waals surface area (Å²) in [6.45, 7) is 3.39. The van der Waals surface area contributed by atoms with Gasteiger partial charge in [0, 0.05) is 19.8 Å². The summed E-state index contributed by atoms with van der Waals surface area (Å²) in [5, 5.41) is 19.6. The molecule has 0 aromatic heterocycles. The van der Waals surface area contributed by atoms with Crippen molar-refractivity contribution in [1.82, 2.24) is 5.32 Å². The van der Waals surface area contributed by atoms with Crippen LogP contribution in [0.25, 0.3) is 0 Å². The number of hydrogen-bond acceptors (Lipinski definition) is 5. The number of hydrogen-bond donors (Lipinski definition) is 3. The Bertz CT molecular complexity index is 307. The maximum Gasteiger partial charge on any atom is 0.309 e. The van der Waals surface area contributed by atoms with Crippen LogP contribution in [0, 0.1) is 0 Å². The van der Waals surface area contributed by atoms with Gasteiger partial charge in [-0.2, -0.15) is 0 Å². The number of allylic oxidation sites excluding steroid dienone is 1. The Morgan fingerprint density at radius 2 is 2.27 bits per heavy atom. The van der Waals surface area contributed by atoms with E-state index in [2.05, 4.69) is 21.8 Å². The zero-order chi connectivity index (χ0) is 11.8. The largest absolute Gasteiger partial charge is 0.481 e. The van der Waals surface area contributed by atoms with Gasteiger partial charge in [-0.25, -0.2) is 5.26 Å². The molecule has 6 heteroatoms. The topological polar surface area (TPSA) is 91.2 Å². The molecule has 0 aliphatic heterocycles. The number of rotatable bonds is 6. The molecule has 0 aliphatic rings. The van der Waals surface area contributed by atoms with E-state index in [0.29, 0.717) is 5.70 Å². The number of carboxylic acids is 1. The first-order chi connectivity index (χ1) is 7.04. The van der Waals surface area contributed by atoms with Crippen LogP contribution in [0.4, 0.5) is 0 Å². The number of nitrogens with one attached hydrogen (secondary N) is 1. The van der Waals surface area contributed by atoms with Crippen LogP contribution < -0.4 is 5.32 Å². The summed E-state index contributed by atoms with van der Waals surface area (Å²) >= 11 is 0. The van der Waals surface area contributed by atoms with E-state index in [-0.39, 0.29) is 17.9 Å². The summed E-state index contributed by atoms with van der Waals surface area (Å²) in [5.74, 6) is -1.02. The molecule has 15 heavy (non-hydrogen) atoms. The molecule has 0 amide bonds. The Hall–Kier alpha value is -1.82. The van der Waals surface area contributed by atoms with E-state index in [0.717, 1.165) is 0 Å². The summed E-state index contributed by atoms with van der Waals surface area (Å²) in [5.41, 5.74) is 0.699. The molecule has 0 radical (unpaired) electrons. The number of aliphatic imine (C=N–C) groups is 1. The highest BCUT2D eigenvalue weighted by molar-refractivity contribution is 6.07. The van der Waals surface area contributed by atoms with E-state index < -0.39 is 5.97 Å². The normalized spacial score (nSPS) is 12.2. The van der Waals surface area contributed by atoms with Gasteiger partial charge >= 0.3 is 5.97 Å². The van der Waals surface area contributed by atoms with Gasteiger partial charge in [0.15, 0.2) is 5.76 Å². The third kappa shape index (κ3) is 4.82. The first-order valence-electron chi connectivity index (χ1n) is 4.12. The first kappa shape index (κ1) is 13.2. The fraction of sp³-hybridized carbons (Fsp3) is 0.333. The average Bonchev–Trinajstić information content (AvgIpc) is 2.22. The van der Waals surface area contributed by atoms with Gasteiger partial charge in [-0.3, -0.25) is 9.79 Å². The van der Waals surface area contributed by atoms with E-state index in [9.17, 15) is 4.79 Å². The zero-order valence-corrected chi connectivity index (χ0v) is 8.65. The van der Waals surface area contributed by atoms with Crippen molar-refractivity contribution < 1.29 is 20.0 Å². The molecule has 0 saturated carbocycles. The Morgan fingerprint density at radius 3 is 2.60 bits per heavy atom. The summed E-state index contributed by atoms with van der Waals surface area (Å²) in [7, 11) is 3.06. The molecule has 84 valence electrons.